The van der Waals surface area contributed by atoms with Crippen LogP contribution in [-0.2, 0) is 11.3 Å². The number of hydrogen-bond acceptors (Lipinski definition) is 6. The van der Waals surface area contributed by atoms with Crippen LogP contribution in [0.2, 0.25) is 5.02 Å². The molecule has 4 rings (SSSR count). The molecule has 10 heteroatoms. The van der Waals surface area contributed by atoms with Crippen molar-refractivity contribution < 1.29 is 9.53 Å². The maximum atomic E-state index is 12.6. The van der Waals surface area contributed by atoms with Crippen molar-refractivity contribution in [1.29, 1.82) is 0 Å². The number of nitrogens with one attached hydrogen (secondary N) is 1. The van der Waals surface area contributed by atoms with Crippen LogP contribution < -0.4 is 20.6 Å². The van der Waals surface area contributed by atoms with Crippen molar-refractivity contribution in [2.75, 3.05) is 23.9 Å². The first-order valence-electron chi connectivity index (χ1n) is 9.82. The van der Waals surface area contributed by atoms with Gasteiger partial charge in [-0.1, -0.05) is 11.6 Å². The van der Waals surface area contributed by atoms with Gasteiger partial charge in [0.05, 0.1) is 12.8 Å². The first kappa shape index (κ1) is 20.2. The smallest absolute Gasteiger partial charge is 0.352 e. The molecular weight excluding hydrogens is 408 g/mol. The van der Waals surface area contributed by atoms with Crippen LogP contribution in [0, 0.1) is 0 Å². The Kier molecular flexibility index (Phi) is 5.63. The first-order valence-corrected chi connectivity index (χ1v) is 10.2. The second kappa shape index (κ2) is 8.35. The Morgan fingerprint density at radius 1 is 1.33 bits per heavy atom. The molecule has 0 aliphatic carbocycles. The molecule has 3 aromatic rings. The molecule has 0 bridgehead atoms. The molecule has 0 spiro atoms. The second-order valence-corrected chi connectivity index (χ2v) is 7.76. The molecule has 1 aromatic carbocycles. The summed E-state index contributed by atoms with van der Waals surface area (Å²) >= 11 is 6.00. The lowest BCUT2D eigenvalue weighted by Crippen LogP contribution is -2.38. The summed E-state index contributed by atoms with van der Waals surface area (Å²) < 4.78 is 7.66. The minimum absolute atomic E-state index is 0.257. The van der Waals surface area contributed by atoms with E-state index in [9.17, 15) is 9.59 Å². The van der Waals surface area contributed by atoms with E-state index in [0.717, 1.165) is 29.9 Å². The molecule has 1 amide bonds. The fourth-order valence-corrected chi connectivity index (χ4v) is 3.87. The fourth-order valence-electron chi connectivity index (χ4n) is 3.70. The van der Waals surface area contributed by atoms with Gasteiger partial charge in [-0.05, 0) is 50.5 Å². The summed E-state index contributed by atoms with van der Waals surface area (Å²) in [5.74, 6) is 1.10. The number of amides is 1. The number of piperidine rings is 1. The number of halogens is 1. The second-order valence-electron chi connectivity index (χ2n) is 7.33. The van der Waals surface area contributed by atoms with E-state index in [1.807, 2.05) is 6.07 Å². The fraction of sp³-hybridized carbons (Fsp3) is 0.400. The van der Waals surface area contributed by atoms with Gasteiger partial charge in [-0.15, -0.1) is 5.10 Å². The Hall–Kier alpha value is -3.07. The van der Waals surface area contributed by atoms with Crippen molar-refractivity contribution in [2.45, 2.75) is 38.8 Å². The highest BCUT2D eigenvalue weighted by Crippen LogP contribution is 2.27. The summed E-state index contributed by atoms with van der Waals surface area (Å²) in [6.45, 7) is 2.84. The van der Waals surface area contributed by atoms with Gasteiger partial charge in [0.15, 0.2) is 0 Å². The predicted molar refractivity (Wildman–Crippen MR) is 115 cm³/mol. The Labute approximate surface area is 178 Å². The van der Waals surface area contributed by atoms with Gasteiger partial charge in [-0.25, -0.2) is 13.9 Å². The van der Waals surface area contributed by atoms with E-state index in [1.165, 1.54) is 17.9 Å². The van der Waals surface area contributed by atoms with E-state index in [-0.39, 0.29) is 12.3 Å². The number of anilines is 2. The third-order valence-corrected chi connectivity index (χ3v) is 5.50. The topological polar surface area (TPSA) is 93.8 Å². The molecule has 2 aromatic heterocycles. The van der Waals surface area contributed by atoms with Crippen molar-refractivity contribution in [3.8, 4) is 5.75 Å². The summed E-state index contributed by atoms with van der Waals surface area (Å²) in [5, 5.41) is 7.41. The minimum Gasteiger partial charge on any atom is -0.495 e. The SMILES string of the molecule is COc1ccc(Cl)cc1NC(=O)Cn1nc2nc(N3CCCCC3C)ccn2c1=O. The molecule has 1 aliphatic rings. The molecule has 158 valence electrons. The van der Waals surface area contributed by atoms with Gasteiger partial charge in [0, 0.05) is 23.8 Å². The Balaban J connectivity index is 1.56. The zero-order valence-electron chi connectivity index (χ0n) is 16.8. The van der Waals surface area contributed by atoms with Crippen LogP contribution in [0.4, 0.5) is 11.5 Å². The standard InChI is InChI=1S/C20H23ClN6O3/c1-13-5-3-4-9-25(13)17-8-10-26-19(23-17)24-27(20(26)29)12-18(28)22-15-11-14(21)6-7-16(15)30-2/h6-8,10-11,13H,3-5,9,12H2,1-2H3,(H,22,28). The van der Waals surface area contributed by atoms with E-state index >= 15 is 0 Å². The quantitative estimate of drug-likeness (QED) is 0.668. The first-order chi connectivity index (χ1) is 14.5. The third-order valence-electron chi connectivity index (χ3n) is 5.27. The number of fused-ring (bicyclic) bond motifs is 1. The normalized spacial score (nSPS) is 16.6. The highest BCUT2D eigenvalue weighted by Gasteiger charge is 2.21. The summed E-state index contributed by atoms with van der Waals surface area (Å²) in [6.07, 6.45) is 5.09. The largest absolute Gasteiger partial charge is 0.495 e. The average Bonchev–Trinajstić information content (AvgIpc) is 3.03. The third kappa shape index (κ3) is 3.97. The summed E-state index contributed by atoms with van der Waals surface area (Å²) in [4.78, 5) is 31.9. The number of aromatic nitrogens is 4. The Morgan fingerprint density at radius 3 is 2.93 bits per heavy atom. The van der Waals surface area contributed by atoms with Crippen LogP contribution in [0.25, 0.3) is 5.78 Å². The van der Waals surface area contributed by atoms with Crippen LogP contribution in [-0.4, -0.2) is 44.8 Å². The molecule has 30 heavy (non-hydrogen) atoms. The van der Waals surface area contributed by atoms with Crippen LogP contribution in [0.1, 0.15) is 26.2 Å². The van der Waals surface area contributed by atoms with Crippen LogP contribution in [0.3, 0.4) is 0 Å². The molecule has 3 heterocycles. The number of carbonyl (C=O) groups excluding carboxylic acids is 1. The van der Waals surface area contributed by atoms with Gasteiger partial charge in [-0.2, -0.15) is 4.98 Å². The molecule has 1 saturated heterocycles. The number of benzene rings is 1. The lowest BCUT2D eigenvalue weighted by atomic mass is 10.0. The van der Waals surface area contributed by atoms with E-state index in [1.54, 1.807) is 24.4 Å². The van der Waals surface area contributed by atoms with Gasteiger partial charge in [0.1, 0.15) is 18.1 Å². The molecule has 0 saturated carbocycles. The summed E-state index contributed by atoms with van der Waals surface area (Å²) in [6, 6.07) is 7.11. The molecular formula is C20H23ClN6O3. The number of nitrogens with zero attached hydrogens (tertiary/aromatic N) is 5. The number of hydrogen-bond donors (Lipinski definition) is 1. The average molecular weight is 431 g/mol. The molecule has 1 atom stereocenters. The van der Waals surface area contributed by atoms with E-state index in [2.05, 4.69) is 27.2 Å². The molecule has 1 N–H and O–H groups in total. The van der Waals surface area contributed by atoms with E-state index in [4.69, 9.17) is 16.3 Å². The highest BCUT2D eigenvalue weighted by molar-refractivity contribution is 6.31. The van der Waals surface area contributed by atoms with Gasteiger partial charge in [0.25, 0.3) is 5.78 Å². The molecule has 1 unspecified atom stereocenters. The maximum Gasteiger partial charge on any atom is 0.352 e. The van der Waals surface area contributed by atoms with Gasteiger partial charge in [0.2, 0.25) is 5.91 Å². The van der Waals surface area contributed by atoms with Crippen molar-refractivity contribution in [3.05, 3.63) is 46.0 Å². The predicted octanol–water partition coefficient (Wildman–Crippen LogP) is 2.57. The van der Waals surface area contributed by atoms with Crippen LogP contribution in [0.5, 0.6) is 5.75 Å². The Morgan fingerprint density at radius 2 is 2.17 bits per heavy atom. The minimum atomic E-state index is -0.427. The number of carbonyl (C=O) groups is 1. The van der Waals surface area contributed by atoms with Crippen LogP contribution in [0.15, 0.2) is 35.3 Å². The van der Waals surface area contributed by atoms with Gasteiger partial charge < -0.3 is 15.0 Å². The number of rotatable bonds is 5. The van der Waals surface area contributed by atoms with Gasteiger partial charge in [-0.3, -0.25) is 4.79 Å². The molecule has 1 aliphatic heterocycles. The zero-order chi connectivity index (χ0) is 21.3. The zero-order valence-corrected chi connectivity index (χ0v) is 17.6. The monoisotopic (exact) mass is 430 g/mol. The lowest BCUT2D eigenvalue weighted by molar-refractivity contribution is -0.117. The lowest BCUT2D eigenvalue weighted by Gasteiger charge is -2.34. The maximum absolute atomic E-state index is 12.6. The Bertz CT molecular complexity index is 1140. The van der Waals surface area contributed by atoms with Gasteiger partial charge >= 0.3 is 5.69 Å². The van der Waals surface area contributed by atoms with Crippen LogP contribution >= 0.6 is 11.6 Å². The number of methoxy groups -OCH3 is 1. The van der Waals surface area contributed by atoms with Crippen molar-refractivity contribution in [1.82, 2.24) is 19.2 Å². The number of ether oxygens (including phenoxy) is 1. The van der Waals surface area contributed by atoms with Crippen molar-refractivity contribution in [3.63, 3.8) is 0 Å². The summed E-state index contributed by atoms with van der Waals surface area (Å²) in [7, 11) is 1.50. The highest BCUT2D eigenvalue weighted by atomic mass is 35.5. The van der Waals surface area contributed by atoms with E-state index < -0.39 is 11.6 Å². The van der Waals surface area contributed by atoms with Crippen molar-refractivity contribution in [2.24, 2.45) is 0 Å². The molecule has 0 radical (unpaired) electrons. The van der Waals surface area contributed by atoms with Crippen molar-refractivity contribution >= 4 is 34.8 Å². The van der Waals surface area contributed by atoms with E-state index in [0.29, 0.717) is 22.5 Å². The molecule has 1 fully saturated rings. The molecule has 9 nitrogen and oxygen atoms in total. The summed E-state index contributed by atoms with van der Waals surface area (Å²) in [5.41, 5.74) is -0.00439.